The van der Waals surface area contributed by atoms with Gasteiger partial charge in [-0.25, -0.2) is 0 Å². The molecule has 5 heteroatoms. The molecule has 0 aliphatic heterocycles. The van der Waals surface area contributed by atoms with Gasteiger partial charge in [0.1, 0.15) is 22.8 Å². The maximum Gasteiger partial charge on any atom is 0.261 e. The number of benzene rings is 2. The Morgan fingerprint density at radius 3 is 2.58 bits per heavy atom. The van der Waals surface area contributed by atoms with Gasteiger partial charge in [0.15, 0.2) is 0 Å². The molecule has 0 radical (unpaired) electrons. The summed E-state index contributed by atoms with van der Waals surface area (Å²) in [7, 11) is 1.57. The lowest BCUT2D eigenvalue weighted by molar-refractivity contribution is 0.102. The van der Waals surface area contributed by atoms with Crippen LogP contribution in [0.25, 0.3) is 11.3 Å². The van der Waals surface area contributed by atoms with E-state index < -0.39 is 0 Å². The number of hydrogen-bond acceptors (Lipinski definition) is 4. The Kier molecular flexibility index (Phi) is 4.33. The summed E-state index contributed by atoms with van der Waals surface area (Å²) >= 11 is 0. The minimum absolute atomic E-state index is 0.281. The molecule has 0 fully saturated rings. The Morgan fingerprint density at radius 1 is 1.12 bits per heavy atom. The molecule has 0 aliphatic rings. The van der Waals surface area contributed by atoms with Crippen LogP contribution >= 0.6 is 0 Å². The van der Waals surface area contributed by atoms with Gasteiger partial charge in [0.25, 0.3) is 5.91 Å². The van der Waals surface area contributed by atoms with Gasteiger partial charge in [0, 0.05) is 5.56 Å². The number of carbonyl (C=O) groups is 1. The van der Waals surface area contributed by atoms with Crippen molar-refractivity contribution in [1.29, 1.82) is 0 Å². The number of nitrogens with zero attached hydrogens (tertiary/aromatic N) is 1. The molecule has 3 aromatic rings. The number of aromatic nitrogens is 1. The van der Waals surface area contributed by atoms with Gasteiger partial charge in [0.2, 0.25) is 0 Å². The van der Waals surface area contributed by atoms with Gasteiger partial charge >= 0.3 is 0 Å². The first-order chi connectivity index (χ1) is 11.6. The van der Waals surface area contributed by atoms with Gasteiger partial charge in [-0.05, 0) is 31.5 Å². The molecule has 1 aromatic heterocycles. The summed E-state index contributed by atoms with van der Waals surface area (Å²) in [5, 5.41) is 6.93. The molecular weight excluding hydrogens is 304 g/mol. The SMILES string of the molecule is COc1ccc(C)cc1NC(=O)c1c(-c2ccccc2)noc1C. The number of amides is 1. The molecule has 122 valence electrons. The van der Waals surface area contributed by atoms with Gasteiger partial charge in [-0.15, -0.1) is 0 Å². The highest BCUT2D eigenvalue weighted by Gasteiger charge is 2.22. The lowest BCUT2D eigenvalue weighted by Gasteiger charge is -2.11. The van der Waals surface area contributed by atoms with Crippen molar-refractivity contribution in [3.8, 4) is 17.0 Å². The van der Waals surface area contributed by atoms with Crippen molar-refractivity contribution >= 4 is 11.6 Å². The molecule has 2 aromatic carbocycles. The Hall–Kier alpha value is -3.08. The van der Waals surface area contributed by atoms with Crippen molar-refractivity contribution in [3.05, 3.63) is 65.4 Å². The molecule has 0 atom stereocenters. The second-order valence-corrected chi connectivity index (χ2v) is 5.49. The molecular formula is C19H18N2O3. The van der Waals surface area contributed by atoms with Crippen molar-refractivity contribution < 1.29 is 14.1 Å². The molecule has 24 heavy (non-hydrogen) atoms. The summed E-state index contributed by atoms with van der Waals surface area (Å²) in [5.41, 5.74) is 3.41. The quantitative estimate of drug-likeness (QED) is 0.781. The first kappa shape index (κ1) is 15.8. The smallest absolute Gasteiger partial charge is 0.261 e. The second-order valence-electron chi connectivity index (χ2n) is 5.49. The van der Waals surface area contributed by atoms with Gasteiger partial charge < -0.3 is 14.6 Å². The van der Waals surface area contributed by atoms with Crippen LogP contribution in [0.1, 0.15) is 21.7 Å². The molecule has 0 spiro atoms. The van der Waals surface area contributed by atoms with Crippen LogP contribution in [0.5, 0.6) is 5.75 Å². The monoisotopic (exact) mass is 322 g/mol. The maximum absolute atomic E-state index is 12.8. The zero-order valence-electron chi connectivity index (χ0n) is 13.8. The zero-order chi connectivity index (χ0) is 17.1. The topological polar surface area (TPSA) is 64.4 Å². The summed E-state index contributed by atoms with van der Waals surface area (Å²) in [6, 6.07) is 15.1. The Labute approximate surface area is 140 Å². The lowest BCUT2D eigenvalue weighted by Crippen LogP contribution is -2.14. The maximum atomic E-state index is 12.8. The average molecular weight is 322 g/mol. The van der Waals surface area contributed by atoms with Crippen molar-refractivity contribution in [3.63, 3.8) is 0 Å². The van der Waals surface area contributed by atoms with E-state index in [1.165, 1.54) is 0 Å². The number of rotatable bonds is 4. The average Bonchev–Trinajstić information content (AvgIpc) is 2.97. The molecule has 0 aliphatic carbocycles. The third kappa shape index (κ3) is 3.01. The second kappa shape index (κ2) is 6.58. The minimum Gasteiger partial charge on any atom is -0.495 e. The minimum atomic E-state index is -0.281. The highest BCUT2D eigenvalue weighted by atomic mass is 16.5. The van der Waals surface area contributed by atoms with Crippen LogP contribution in [0.15, 0.2) is 53.1 Å². The normalized spacial score (nSPS) is 10.5. The van der Waals surface area contributed by atoms with Crippen molar-refractivity contribution in [1.82, 2.24) is 5.16 Å². The number of hydrogen-bond donors (Lipinski definition) is 1. The Bertz CT molecular complexity index is 870. The summed E-state index contributed by atoms with van der Waals surface area (Å²) in [6.07, 6.45) is 0. The molecule has 0 bridgehead atoms. The van der Waals surface area contributed by atoms with Crippen LogP contribution in [-0.4, -0.2) is 18.2 Å². The van der Waals surface area contributed by atoms with E-state index in [4.69, 9.17) is 9.26 Å². The number of carbonyl (C=O) groups excluding carboxylic acids is 1. The number of methoxy groups -OCH3 is 1. The fraction of sp³-hybridized carbons (Fsp3) is 0.158. The largest absolute Gasteiger partial charge is 0.495 e. The molecule has 5 nitrogen and oxygen atoms in total. The van der Waals surface area contributed by atoms with E-state index >= 15 is 0 Å². The molecule has 0 saturated heterocycles. The van der Waals surface area contributed by atoms with E-state index in [1.807, 2.05) is 55.5 Å². The highest BCUT2D eigenvalue weighted by Crippen LogP contribution is 2.29. The number of nitrogens with one attached hydrogen (secondary N) is 1. The summed E-state index contributed by atoms with van der Waals surface area (Å²) in [4.78, 5) is 12.8. The zero-order valence-corrected chi connectivity index (χ0v) is 13.8. The predicted octanol–water partition coefficient (Wildman–Crippen LogP) is 4.22. The Morgan fingerprint density at radius 2 is 1.88 bits per heavy atom. The van der Waals surface area contributed by atoms with Crippen LogP contribution in [-0.2, 0) is 0 Å². The summed E-state index contributed by atoms with van der Waals surface area (Å²) in [6.45, 7) is 3.68. The molecule has 3 rings (SSSR count). The fourth-order valence-corrected chi connectivity index (χ4v) is 2.54. The Balaban J connectivity index is 1.97. The van der Waals surface area contributed by atoms with E-state index in [1.54, 1.807) is 14.0 Å². The predicted molar refractivity (Wildman–Crippen MR) is 92.4 cm³/mol. The molecule has 0 unspecified atom stereocenters. The first-order valence-corrected chi connectivity index (χ1v) is 7.58. The van der Waals surface area contributed by atoms with Gasteiger partial charge in [-0.3, -0.25) is 4.79 Å². The van der Waals surface area contributed by atoms with Crippen molar-refractivity contribution in [2.45, 2.75) is 13.8 Å². The summed E-state index contributed by atoms with van der Waals surface area (Å²) in [5.74, 6) is 0.791. The van der Waals surface area contributed by atoms with Crippen LogP contribution in [0, 0.1) is 13.8 Å². The van der Waals surface area contributed by atoms with Crippen molar-refractivity contribution in [2.75, 3.05) is 12.4 Å². The number of ether oxygens (including phenoxy) is 1. The van der Waals surface area contributed by atoms with Crippen LogP contribution < -0.4 is 10.1 Å². The number of aryl methyl sites for hydroxylation is 2. The van der Waals surface area contributed by atoms with E-state index in [0.717, 1.165) is 11.1 Å². The molecule has 1 N–H and O–H groups in total. The van der Waals surface area contributed by atoms with Gasteiger partial charge in [-0.1, -0.05) is 41.6 Å². The number of anilines is 1. The standard InChI is InChI=1S/C19H18N2O3/c1-12-9-10-16(23-3)15(11-12)20-19(22)17-13(2)24-21-18(17)14-7-5-4-6-8-14/h4-11H,1-3H3,(H,20,22). The fourth-order valence-electron chi connectivity index (χ4n) is 2.54. The first-order valence-electron chi connectivity index (χ1n) is 7.58. The molecule has 0 saturated carbocycles. The highest BCUT2D eigenvalue weighted by molar-refractivity contribution is 6.09. The van der Waals surface area contributed by atoms with Crippen LogP contribution in [0.4, 0.5) is 5.69 Å². The van der Waals surface area contributed by atoms with Gasteiger partial charge in [-0.2, -0.15) is 0 Å². The molecule has 1 heterocycles. The van der Waals surface area contributed by atoms with Crippen LogP contribution in [0.2, 0.25) is 0 Å². The third-order valence-electron chi connectivity index (χ3n) is 3.74. The van der Waals surface area contributed by atoms with E-state index in [2.05, 4.69) is 10.5 Å². The van der Waals surface area contributed by atoms with Crippen LogP contribution in [0.3, 0.4) is 0 Å². The molecule has 1 amide bonds. The van der Waals surface area contributed by atoms with E-state index in [0.29, 0.717) is 28.5 Å². The van der Waals surface area contributed by atoms with E-state index in [9.17, 15) is 4.79 Å². The van der Waals surface area contributed by atoms with E-state index in [-0.39, 0.29) is 5.91 Å². The third-order valence-corrected chi connectivity index (χ3v) is 3.74. The van der Waals surface area contributed by atoms with Gasteiger partial charge in [0.05, 0.1) is 12.8 Å². The lowest BCUT2D eigenvalue weighted by atomic mass is 10.1. The summed E-state index contributed by atoms with van der Waals surface area (Å²) < 4.78 is 10.6. The van der Waals surface area contributed by atoms with Crippen molar-refractivity contribution in [2.24, 2.45) is 0 Å².